The predicted octanol–water partition coefficient (Wildman–Crippen LogP) is 0.953. The van der Waals surface area contributed by atoms with Crippen LogP contribution in [0.4, 0.5) is 5.69 Å². The molecule has 0 saturated carbocycles. The van der Waals surface area contributed by atoms with Gasteiger partial charge < -0.3 is 20.3 Å². The molecular weight excluding hydrogens is 282 g/mol. The minimum absolute atomic E-state index is 0.0253. The van der Waals surface area contributed by atoms with Crippen molar-refractivity contribution in [2.24, 2.45) is 5.92 Å². The van der Waals surface area contributed by atoms with E-state index in [4.69, 9.17) is 4.74 Å². The summed E-state index contributed by atoms with van der Waals surface area (Å²) >= 11 is 0. The lowest BCUT2D eigenvalue weighted by Crippen LogP contribution is -2.40. The largest absolute Gasteiger partial charge is 0.378 e. The van der Waals surface area contributed by atoms with Gasteiger partial charge in [0.05, 0.1) is 13.2 Å². The van der Waals surface area contributed by atoms with Crippen LogP contribution in [-0.2, 0) is 9.53 Å². The first kappa shape index (κ1) is 16.5. The number of benzene rings is 1. The Bertz CT molecular complexity index is 527. The number of nitrogens with zero attached hydrogens (tertiary/aromatic N) is 1. The highest BCUT2D eigenvalue weighted by molar-refractivity contribution is 5.97. The summed E-state index contributed by atoms with van der Waals surface area (Å²) in [4.78, 5) is 26.2. The SMILES string of the molecule is CNCC(C)C(=O)Nc1cccc(C(=O)N2CCOCC2)c1. The molecule has 6 nitrogen and oxygen atoms in total. The van der Waals surface area contributed by atoms with Crippen LogP contribution in [0.25, 0.3) is 0 Å². The summed E-state index contributed by atoms with van der Waals surface area (Å²) < 4.78 is 5.25. The smallest absolute Gasteiger partial charge is 0.254 e. The minimum atomic E-state index is -0.136. The second-order valence-corrected chi connectivity index (χ2v) is 5.43. The molecule has 1 aliphatic rings. The molecule has 2 N–H and O–H groups in total. The van der Waals surface area contributed by atoms with Crippen LogP contribution in [0.3, 0.4) is 0 Å². The zero-order valence-corrected chi connectivity index (χ0v) is 13.1. The second-order valence-electron chi connectivity index (χ2n) is 5.43. The van der Waals surface area contributed by atoms with E-state index in [1.54, 1.807) is 29.2 Å². The molecule has 0 bridgehead atoms. The van der Waals surface area contributed by atoms with Crippen LogP contribution in [0.2, 0.25) is 0 Å². The molecule has 1 saturated heterocycles. The molecule has 0 spiro atoms. The summed E-state index contributed by atoms with van der Waals surface area (Å²) in [7, 11) is 1.81. The summed E-state index contributed by atoms with van der Waals surface area (Å²) in [5, 5.41) is 5.82. The summed E-state index contributed by atoms with van der Waals surface area (Å²) in [5.74, 6) is -0.225. The highest BCUT2D eigenvalue weighted by Crippen LogP contribution is 2.14. The average Bonchev–Trinajstić information content (AvgIpc) is 2.55. The third-order valence-electron chi connectivity index (χ3n) is 3.63. The van der Waals surface area contributed by atoms with Crippen molar-refractivity contribution in [2.75, 3.05) is 45.2 Å². The van der Waals surface area contributed by atoms with E-state index >= 15 is 0 Å². The van der Waals surface area contributed by atoms with Crippen LogP contribution in [0.5, 0.6) is 0 Å². The number of hydrogen-bond acceptors (Lipinski definition) is 4. The molecule has 1 unspecified atom stereocenters. The van der Waals surface area contributed by atoms with E-state index in [2.05, 4.69) is 10.6 Å². The molecule has 1 heterocycles. The van der Waals surface area contributed by atoms with Crippen molar-refractivity contribution >= 4 is 17.5 Å². The molecule has 0 aliphatic carbocycles. The van der Waals surface area contributed by atoms with Crippen LogP contribution in [0.15, 0.2) is 24.3 Å². The Morgan fingerprint density at radius 2 is 2.05 bits per heavy atom. The zero-order chi connectivity index (χ0) is 15.9. The predicted molar refractivity (Wildman–Crippen MR) is 84.9 cm³/mol. The molecule has 0 radical (unpaired) electrons. The van der Waals surface area contributed by atoms with Crippen molar-refractivity contribution in [3.8, 4) is 0 Å². The van der Waals surface area contributed by atoms with Crippen molar-refractivity contribution in [2.45, 2.75) is 6.92 Å². The third-order valence-corrected chi connectivity index (χ3v) is 3.63. The first-order valence-electron chi connectivity index (χ1n) is 7.54. The Labute approximate surface area is 130 Å². The number of nitrogens with one attached hydrogen (secondary N) is 2. The van der Waals surface area contributed by atoms with E-state index in [-0.39, 0.29) is 17.7 Å². The van der Waals surface area contributed by atoms with Gasteiger partial charge in [-0.25, -0.2) is 0 Å². The lowest BCUT2D eigenvalue weighted by Gasteiger charge is -2.27. The molecule has 120 valence electrons. The van der Waals surface area contributed by atoms with Crippen LogP contribution < -0.4 is 10.6 Å². The van der Waals surface area contributed by atoms with Crippen molar-refractivity contribution in [1.82, 2.24) is 10.2 Å². The van der Waals surface area contributed by atoms with Gasteiger partial charge in [-0.2, -0.15) is 0 Å². The van der Waals surface area contributed by atoms with Crippen LogP contribution >= 0.6 is 0 Å². The number of carbonyl (C=O) groups is 2. The number of hydrogen-bond donors (Lipinski definition) is 2. The molecule has 1 fully saturated rings. The Morgan fingerprint density at radius 3 is 2.73 bits per heavy atom. The molecule has 1 aromatic rings. The van der Waals surface area contributed by atoms with Gasteiger partial charge in [0.15, 0.2) is 0 Å². The molecule has 6 heteroatoms. The summed E-state index contributed by atoms with van der Waals surface area (Å²) in [6.45, 7) is 4.82. The van der Waals surface area contributed by atoms with Gasteiger partial charge in [0.25, 0.3) is 5.91 Å². The first-order chi connectivity index (χ1) is 10.6. The maximum atomic E-state index is 12.4. The van der Waals surface area contributed by atoms with Gasteiger partial charge in [-0.05, 0) is 25.2 Å². The van der Waals surface area contributed by atoms with Crippen molar-refractivity contribution in [3.63, 3.8) is 0 Å². The molecule has 0 aromatic heterocycles. The lowest BCUT2D eigenvalue weighted by molar-refractivity contribution is -0.119. The first-order valence-corrected chi connectivity index (χ1v) is 7.54. The number of ether oxygens (including phenoxy) is 1. The summed E-state index contributed by atoms with van der Waals surface area (Å²) in [6, 6.07) is 7.07. The standard InChI is InChI=1S/C16H23N3O3/c1-12(11-17-2)15(20)18-14-5-3-4-13(10-14)16(21)19-6-8-22-9-7-19/h3-5,10,12,17H,6-9,11H2,1-2H3,(H,18,20). The molecule has 1 aliphatic heterocycles. The highest BCUT2D eigenvalue weighted by atomic mass is 16.5. The molecule has 1 aromatic carbocycles. The second kappa shape index (κ2) is 7.91. The molecule has 22 heavy (non-hydrogen) atoms. The monoisotopic (exact) mass is 305 g/mol. The van der Waals surface area contributed by atoms with Crippen LogP contribution in [-0.4, -0.2) is 56.6 Å². The van der Waals surface area contributed by atoms with Gasteiger partial charge in [0, 0.05) is 36.8 Å². The van der Waals surface area contributed by atoms with Crippen LogP contribution in [0.1, 0.15) is 17.3 Å². The number of anilines is 1. The Hall–Kier alpha value is -1.92. The molecular formula is C16H23N3O3. The maximum Gasteiger partial charge on any atom is 0.254 e. The quantitative estimate of drug-likeness (QED) is 0.850. The molecule has 2 amide bonds. The van der Waals surface area contributed by atoms with E-state index in [0.29, 0.717) is 44.1 Å². The van der Waals surface area contributed by atoms with Crippen molar-refractivity contribution in [1.29, 1.82) is 0 Å². The number of amides is 2. The normalized spacial score (nSPS) is 16.2. The Morgan fingerprint density at radius 1 is 1.32 bits per heavy atom. The van der Waals surface area contributed by atoms with Crippen molar-refractivity contribution < 1.29 is 14.3 Å². The number of morpholine rings is 1. The van der Waals surface area contributed by atoms with E-state index in [1.165, 1.54) is 0 Å². The lowest BCUT2D eigenvalue weighted by atomic mass is 10.1. The molecule has 1 atom stereocenters. The van der Waals surface area contributed by atoms with E-state index in [1.807, 2.05) is 14.0 Å². The fraction of sp³-hybridized carbons (Fsp3) is 0.500. The van der Waals surface area contributed by atoms with Gasteiger partial charge in [0.2, 0.25) is 5.91 Å². The summed E-state index contributed by atoms with van der Waals surface area (Å²) in [5.41, 5.74) is 1.23. The van der Waals surface area contributed by atoms with Crippen LogP contribution in [0, 0.1) is 5.92 Å². The van der Waals surface area contributed by atoms with Gasteiger partial charge in [-0.1, -0.05) is 13.0 Å². The third kappa shape index (κ3) is 4.29. The Kier molecular flexibility index (Phi) is 5.91. The average molecular weight is 305 g/mol. The maximum absolute atomic E-state index is 12.4. The summed E-state index contributed by atoms with van der Waals surface area (Å²) in [6.07, 6.45) is 0. The van der Waals surface area contributed by atoms with E-state index in [9.17, 15) is 9.59 Å². The van der Waals surface area contributed by atoms with Gasteiger partial charge in [-0.15, -0.1) is 0 Å². The van der Waals surface area contributed by atoms with E-state index < -0.39 is 0 Å². The number of rotatable bonds is 5. The highest BCUT2D eigenvalue weighted by Gasteiger charge is 2.19. The minimum Gasteiger partial charge on any atom is -0.378 e. The topological polar surface area (TPSA) is 70.7 Å². The van der Waals surface area contributed by atoms with Gasteiger partial charge in [0.1, 0.15) is 0 Å². The van der Waals surface area contributed by atoms with Gasteiger partial charge >= 0.3 is 0 Å². The molecule has 2 rings (SSSR count). The van der Waals surface area contributed by atoms with E-state index in [0.717, 1.165) is 0 Å². The van der Waals surface area contributed by atoms with Crippen molar-refractivity contribution in [3.05, 3.63) is 29.8 Å². The zero-order valence-electron chi connectivity index (χ0n) is 13.1. The fourth-order valence-electron chi connectivity index (χ4n) is 2.34. The Balaban J connectivity index is 2.03. The number of carbonyl (C=O) groups excluding carboxylic acids is 2. The van der Waals surface area contributed by atoms with Gasteiger partial charge in [-0.3, -0.25) is 9.59 Å². The fourth-order valence-corrected chi connectivity index (χ4v) is 2.34.